The Hall–Kier alpha value is -0.290. The highest BCUT2D eigenvalue weighted by Gasteiger charge is 2.21. The lowest BCUT2D eigenvalue weighted by molar-refractivity contribution is 0.0736. The first-order valence-corrected chi connectivity index (χ1v) is 6.20. The first-order valence-electron chi connectivity index (χ1n) is 4.63. The summed E-state index contributed by atoms with van der Waals surface area (Å²) in [7, 11) is 0. The van der Waals surface area contributed by atoms with E-state index in [1.807, 2.05) is 0 Å². The van der Waals surface area contributed by atoms with Gasteiger partial charge in [-0.25, -0.2) is 0 Å². The summed E-state index contributed by atoms with van der Waals surface area (Å²) in [6, 6.07) is 1.64. The number of thiophene rings is 1. The van der Waals surface area contributed by atoms with Gasteiger partial charge in [0.1, 0.15) is 4.34 Å². The van der Waals surface area contributed by atoms with Gasteiger partial charge in [-0.15, -0.1) is 11.3 Å². The molecule has 1 aromatic rings. The summed E-state index contributed by atoms with van der Waals surface area (Å²) in [5.74, 6) is -0.0235. The summed E-state index contributed by atoms with van der Waals surface area (Å²) in [5, 5.41) is 3.19. The first-order chi connectivity index (χ1) is 7.18. The quantitative estimate of drug-likeness (QED) is 0.843. The van der Waals surface area contributed by atoms with Crippen molar-refractivity contribution in [3.8, 4) is 0 Å². The van der Waals surface area contributed by atoms with Gasteiger partial charge in [0.15, 0.2) is 0 Å². The average Bonchev–Trinajstić information content (AvgIpc) is 2.58. The Morgan fingerprint density at radius 3 is 2.60 bits per heavy atom. The van der Waals surface area contributed by atoms with Gasteiger partial charge < -0.3 is 10.2 Å². The summed E-state index contributed by atoms with van der Waals surface area (Å²) in [4.78, 5) is 13.8. The van der Waals surface area contributed by atoms with Crippen LogP contribution < -0.4 is 5.32 Å². The van der Waals surface area contributed by atoms with Crippen molar-refractivity contribution < 1.29 is 4.79 Å². The van der Waals surface area contributed by atoms with E-state index in [0.29, 0.717) is 14.2 Å². The molecule has 1 saturated heterocycles. The van der Waals surface area contributed by atoms with Crippen LogP contribution in [0.4, 0.5) is 0 Å². The zero-order valence-electron chi connectivity index (χ0n) is 7.93. The average molecular weight is 265 g/mol. The number of carbonyl (C=O) groups is 1. The molecule has 2 heterocycles. The maximum atomic E-state index is 12.0. The number of piperazine rings is 1. The maximum absolute atomic E-state index is 12.0. The van der Waals surface area contributed by atoms with Crippen LogP contribution >= 0.6 is 34.5 Å². The predicted octanol–water partition coefficient (Wildman–Crippen LogP) is 2.10. The van der Waals surface area contributed by atoms with Crippen LogP contribution in [0.3, 0.4) is 0 Å². The molecule has 0 aromatic carbocycles. The van der Waals surface area contributed by atoms with E-state index in [1.165, 1.54) is 11.3 Å². The Balaban J connectivity index is 2.16. The molecule has 6 heteroatoms. The molecule has 1 fully saturated rings. The minimum Gasteiger partial charge on any atom is -0.336 e. The minimum atomic E-state index is -0.0235. The molecule has 0 spiro atoms. The number of amides is 1. The largest absolute Gasteiger partial charge is 0.336 e. The molecular formula is C9H10Cl2N2OS. The molecule has 15 heavy (non-hydrogen) atoms. The van der Waals surface area contributed by atoms with Crippen LogP contribution in [-0.4, -0.2) is 37.0 Å². The molecule has 3 nitrogen and oxygen atoms in total. The fraction of sp³-hybridized carbons (Fsp3) is 0.444. The fourth-order valence-corrected chi connectivity index (χ4v) is 2.97. The van der Waals surface area contributed by atoms with Crippen molar-refractivity contribution in [1.82, 2.24) is 10.2 Å². The molecule has 0 aliphatic carbocycles. The Bertz CT molecular complexity index is 374. The van der Waals surface area contributed by atoms with E-state index in [0.717, 1.165) is 26.2 Å². The van der Waals surface area contributed by atoms with E-state index in [4.69, 9.17) is 23.2 Å². The Kier molecular flexibility index (Phi) is 3.51. The minimum absolute atomic E-state index is 0.0235. The van der Waals surface area contributed by atoms with Crippen molar-refractivity contribution in [2.75, 3.05) is 26.2 Å². The molecule has 2 rings (SSSR count). The van der Waals surface area contributed by atoms with Crippen LogP contribution in [0.2, 0.25) is 8.67 Å². The Morgan fingerprint density at radius 2 is 2.07 bits per heavy atom. The lowest BCUT2D eigenvalue weighted by Gasteiger charge is -2.27. The zero-order valence-corrected chi connectivity index (χ0v) is 10.3. The summed E-state index contributed by atoms with van der Waals surface area (Å²) < 4.78 is 1.03. The van der Waals surface area contributed by atoms with E-state index < -0.39 is 0 Å². The topological polar surface area (TPSA) is 32.3 Å². The highest BCUT2D eigenvalue weighted by Crippen LogP contribution is 2.31. The van der Waals surface area contributed by atoms with Crippen molar-refractivity contribution in [3.05, 3.63) is 20.3 Å². The smallest absolute Gasteiger partial charge is 0.256 e. The molecule has 82 valence electrons. The Morgan fingerprint density at radius 1 is 1.40 bits per heavy atom. The monoisotopic (exact) mass is 264 g/mol. The van der Waals surface area contributed by atoms with E-state index in [-0.39, 0.29) is 5.91 Å². The molecule has 1 aliphatic rings. The molecule has 0 unspecified atom stereocenters. The van der Waals surface area contributed by atoms with Gasteiger partial charge in [-0.05, 0) is 6.07 Å². The van der Waals surface area contributed by atoms with Gasteiger partial charge in [0.05, 0.1) is 9.90 Å². The van der Waals surface area contributed by atoms with Crippen molar-refractivity contribution in [2.45, 2.75) is 0 Å². The molecule has 1 aliphatic heterocycles. The number of nitrogens with one attached hydrogen (secondary N) is 1. The van der Waals surface area contributed by atoms with Gasteiger partial charge in [0.2, 0.25) is 0 Å². The van der Waals surface area contributed by atoms with Crippen LogP contribution in [0, 0.1) is 0 Å². The molecule has 0 saturated carbocycles. The number of rotatable bonds is 1. The zero-order chi connectivity index (χ0) is 10.8. The number of carbonyl (C=O) groups excluding carboxylic acids is 1. The molecule has 0 atom stereocenters. The second kappa shape index (κ2) is 4.70. The summed E-state index contributed by atoms with van der Waals surface area (Å²) >= 11 is 13.0. The van der Waals surface area contributed by atoms with Crippen LogP contribution in [-0.2, 0) is 0 Å². The van der Waals surface area contributed by atoms with Crippen LogP contribution in [0.15, 0.2) is 6.07 Å². The molecular weight excluding hydrogens is 255 g/mol. The van der Waals surface area contributed by atoms with Crippen LogP contribution in [0.5, 0.6) is 0 Å². The standard InChI is InChI=1S/C9H10Cl2N2OS/c10-7-5-6(8(11)15-7)9(14)13-3-1-12-2-4-13/h5,12H,1-4H2. The molecule has 1 N–H and O–H groups in total. The highest BCUT2D eigenvalue weighted by atomic mass is 35.5. The SMILES string of the molecule is O=C(c1cc(Cl)sc1Cl)N1CCNCC1. The van der Waals surface area contributed by atoms with Crippen LogP contribution in [0.1, 0.15) is 10.4 Å². The third-order valence-corrected chi connectivity index (χ3v) is 3.78. The summed E-state index contributed by atoms with van der Waals surface area (Å²) in [5.41, 5.74) is 0.522. The van der Waals surface area contributed by atoms with Crippen molar-refractivity contribution in [1.29, 1.82) is 0 Å². The van der Waals surface area contributed by atoms with E-state index >= 15 is 0 Å². The van der Waals surface area contributed by atoms with Gasteiger partial charge >= 0.3 is 0 Å². The normalized spacial score (nSPS) is 16.8. The fourth-order valence-electron chi connectivity index (χ4n) is 1.52. The highest BCUT2D eigenvalue weighted by molar-refractivity contribution is 7.20. The van der Waals surface area contributed by atoms with Crippen molar-refractivity contribution >= 4 is 40.4 Å². The molecule has 0 radical (unpaired) electrons. The molecule has 0 bridgehead atoms. The number of hydrogen-bond donors (Lipinski definition) is 1. The van der Waals surface area contributed by atoms with E-state index in [1.54, 1.807) is 11.0 Å². The first kappa shape index (κ1) is 11.2. The van der Waals surface area contributed by atoms with Crippen molar-refractivity contribution in [2.24, 2.45) is 0 Å². The van der Waals surface area contributed by atoms with Gasteiger partial charge in [-0.2, -0.15) is 0 Å². The number of halogens is 2. The maximum Gasteiger partial charge on any atom is 0.256 e. The van der Waals surface area contributed by atoms with Crippen LogP contribution in [0.25, 0.3) is 0 Å². The number of nitrogens with zero attached hydrogens (tertiary/aromatic N) is 1. The molecule has 1 aromatic heterocycles. The van der Waals surface area contributed by atoms with Gasteiger partial charge in [-0.1, -0.05) is 23.2 Å². The second-order valence-electron chi connectivity index (χ2n) is 3.28. The van der Waals surface area contributed by atoms with Gasteiger partial charge in [-0.3, -0.25) is 4.79 Å². The van der Waals surface area contributed by atoms with Crippen molar-refractivity contribution in [3.63, 3.8) is 0 Å². The van der Waals surface area contributed by atoms with E-state index in [2.05, 4.69) is 5.32 Å². The third-order valence-electron chi connectivity index (χ3n) is 2.29. The summed E-state index contributed by atoms with van der Waals surface area (Å²) in [6.07, 6.45) is 0. The summed E-state index contributed by atoms with van der Waals surface area (Å²) in [6.45, 7) is 3.12. The lowest BCUT2D eigenvalue weighted by Crippen LogP contribution is -2.46. The predicted molar refractivity (Wildman–Crippen MR) is 63.1 cm³/mol. The third kappa shape index (κ3) is 2.45. The Labute approximate surface area is 102 Å². The van der Waals surface area contributed by atoms with E-state index in [9.17, 15) is 4.79 Å². The number of hydrogen-bond acceptors (Lipinski definition) is 3. The van der Waals surface area contributed by atoms with Gasteiger partial charge in [0.25, 0.3) is 5.91 Å². The van der Waals surface area contributed by atoms with Gasteiger partial charge in [0, 0.05) is 26.2 Å². The second-order valence-corrected chi connectivity index (χ2v) is 5.57. The lowest BCUT2D eigenvalue weighted by atomic mass is 10.2. The molecule has 1 amide bonds.